The summed E-state index contributed by atoms with van der Waals surface area (Å²) in [6.45, 7) is 0. The summed E-state index contributed by atoms with van der Waals surface area (Å²) >= 11 is 3.40. The number of hydrogen-bond donors (Lipinski definition) is 1. The molecule has 0 saturated heterocycles. The van der Waals surface area contributed by atoms with E-state index in [1.807, 2.05) is 0 Å². The molecule has 1 fully saturated rings. The van der Waals surface area contributed by atoms with E-state index in [2.05, 4.69) is 26.2 Å². The number of aromatic nitrogens is 1. The number of alkyl halides is 1. The third kappa shape index (κ3) is 2.24. The van der Waals surface area contributed by atoms with Gasteiger partial charge in [-0.25, -0.2) is 9.37 Å². The summed E-state index contributed by atoms with van der Waals surface area (Å²) in [4.78, 5) is 15.6. The quantitative estimate of drug-likeness (QED) is 0.866. The third-order valence-electron chi connectivity index (χ3n) is 2.91. The Labute approximate surface area is 102 Å². The van der Waals surface area contributed by atoms with Gasteiger partial charge >= 0.3 is 0 Å². The number of carbonyl (C=O) groups excluding carboxylic acids is 1. The first-order valence-corrected chi connectivity index (χ1v) is 6.27. The van der Waals surface area contributed by atoms with Gasteiger partial charge in [-0.3, -0.25) is 4.79 Å². The van der Waals surface area contributed by atoms with Crippen LogP contribution in [0.2, 0.25) is 0 Å². The fourth-order valence-electron chi connectivity index (χ4n) is 1.71. The lowest BCUT2D eigenvalue weighted by Gasteiger charge is -2.41. The van der Waals surface area contributed by atoms with E-state index in [9.17, 15) is 9.18 Å². The molecule has 1 heterocycles. The molecule has 16 heavy (non-hydrogen) atoms. The summed E-state index contributed by atoms with van der Waals surface area (Å²) in [5.74, 6) is -0.672. The lowest BCUT2D eigenvalue weighted by atomic mass is 9.78. The number of rotatable bonds is 3. The van der Waals surface area contributed by atoms with Crippen molar-refractivity contribution in [2.45, 2.75) is 24.8 Å². The molecule has 3 nitrogen and oxygen atoms in total. The zero-order valence-electron chi connectivity index (χ0n) is 8.67. The first kappa shape index (κ1) is 11.5. The second kappa shape index (κ2) is 4.49. The predicted molar refractivity (Wildman–Crippen MR) is 62.0 cm³/mol. The van der Waals surface area contributed by atoms with Crippen LogP contribution in [0.1, 0.15) is 29.8 Å². The average molecular weight is 287 g/mol. The van der Waals surface area contributed by atoms with Gasteiger partial charge < -0.3 is 5.32 Å². The van der Waals surface area contributed by atoms with Crippen LogP contribution in [0, 0.1) is 5.82 Å². The van der Waals surface area contributed by atoms with Crippen molar-refractivity contribution in [2.24, 2.45) is 0 Å². The highest BCUT2D eigenvalue weighted by atomic mass is 79.9. The third-order valence-corrected chi connectivity index (χ3v) is 3.98. The minimum absolute atomic E-state index is 0.132. The summed E-state index contributed by atoms with van der Waals surface area (Å²) in [6.07, 6.45) is 4.13. The van der Waals surface area contributed by atoms with Crippen LogP contribution in [0.4, 0.5) is 4.39 Å². The number of nitrogens with one attached hydrogen (secondary N) is 1. The molecule has 1 aliphatic carbocycles. The van der Waals surface area contributed by atoms with E-state index in [0.717, 1.165) is 30.8 Å². The van der Waals surface area contributed by atoms with Gasteiger partial charge in [-0.15, -0.1) is 0 Å². The van der Waals surface area contributed by atoms with Crippen LogP contribution >= 0.6 is 15.9 Å². The van der Waals surface area contributed by atoms with Crippen molar-refractivity contribution in [3.8, 4) is 0 Å². The number of pyridine rings is 1. The number of carbonyl (C=O) groups is 1. The van der Waals surface area contributed by atoms with E-state index in [1.54, 1.807) is 0 Å². The van der Waals surface area contributed by atoms with E-state index in [-0.39, 0.29) is 17.1 Å². The maximum absolute atomic E-state index is 12.6. The Hall–Kier alpha value is -0.970. The standard InChI is InChI=1S/C11H12BrFN2O/c12-7-11(4-1-5-11)15-10(16)9-3-2-8(13)6-14-9/h2-3,6H,1,4-5,7H2,(H,15,16). The molecule has 1 N–H and O–H groups in total. The summed E-state index contributed by atoms with van der Waals surface area (Å²) in [6, 6.07) is 2.63. The molecule has 0 bridgehead atoms. The molecule has 0 radical (unpaired) electrons. The molecule has 1 aromatic heterocycles. The Morgan fingerprint density at radius 3 is 2.75 bits per heavy atom. The molecular formula is C11H12BrFN2O. The largest absolute Gasteiger partial charge is 0.344 e. The van der Waals surface area contributed by atoms with Crippen LogP contribution in [0.25, 0.3) is 0 Å². The first-order chi connectivity index (χ1) is 7.65. The molecule has 0 aliphatic heterocycles. The highest BCUT2D eigenvalue weighted by Crippen LogP contribution is 2.33. The van der Waals surface area contributed by atoms with Crippen LogP contribution in [0.3, 0.4) is 0 Å². The van der Waals surface area contributed by atoms with Crippen LogP contribution in [-0.4, -0.2) is 21.8 Å². The van der Waals surface area contributed by atoms with Crippen molar-refractivity contribution in [1.29, 1.82) is 0 Å². The maximum atomic E-state index is 12.6. The number of hydrogen-bond acceptors (Lipinski definition) is 2. The van der Waals surface area contributed by atoms with Crippen molar-refractivity contribution in [1.82, 2.24) is 10.3 Å². The van der Waals surface area contributed by atoms with Crippen LogP contribution in [0.15, 0.2) is 18.3 Å². The Kier molecular flexibility index (Phi) is 3.23. The molecule has 0 unspecified atom stereocenters. The summed E-state index contributed by atoms with van der Waals surface area (Å²) in [5, 5.41) is 3.69. The van der Waals surface area contributed by atoms with Gasteiger partial charge in [0, 0.05) is 5.33 Å². The summed E-state index contributed by atoms with van der Waals surface area (Å²) in [5.41, 5.74) is 0.126. The first-order valence-electron chi connectivity index (χ1n) is 5.15. The molecular weight excluding hydrogens is 275 g/mol. The van der Waals surface area contributed by atoms with E-state index >= 15 is 0 Å². The van der Waals surface area contributed by atoms with Gasteiger partial charge in [0.1, 0.15) is 11.5 Å². The highest BCUT2D eigenvalue weighted by molar-refractivity contribution is 9.09. The Morgan fingerprint density at radius 2 is 2.31 bits per heavy atom. The fraction of sp³-hybridized carbons (Fsp3) is 0.455. The van der Waals surface area contributed by atoms with Gasteiger partial charge in [0.05, 0.1) is 11.7 Å². The molecule has 0 atom stereocenters. The zero-order chi connectivity index (χ0) is 11.6. The smallest absolute Gasteiger partial charge is 0.270 e. The van der Waals surface area contributed by atoms with Gasteiger partial charge in [-0.1, -0.05) is 15.9 Å². The highest BCUT2D eigenvalue weighted by Gasteiger charge is 2.37. The minimum atomic E-state index is -0.435. The van der Waals surface area contributed by atoms with Gasteiger partial charge in [0.25, 0.3) is 5.91 Å². The number of amides is 1. The fourth-order valence-corrected chi connectivity index (χ4v) is 2.41. The molecule has 2 rings (SSSR count). The average Bonchev–Trinajstić information content (AvgIpc) is 2.24. The lowest BCUT2D eigenvalue weighted by molar-refractivity contribution is 0.0851. The van der Waals surface area contributed by atoms with Crippen molar-refractivity contribution in [3.63, 3.8) is 0 Å². The normalized spacial score (nSPS) is 17.6. The van der Waals surface area contributed by atoms with Crippen LogP contribution in [0.5, 0.6) is 0 Å². The van der Waals surface area contributed by atoms with Gasteiger partial charge in [0.2, 0.25) is 0 Å². The van der Waals surface area contributed by atoms with E-state index < -0.39 is 5.82 Å². The lowest BCUT2D eigenvalue weighted by Crippen LogP contribution is -2.55. The van der Waals surface area contributed by atoms with E-state index in [0.29, 0.717) is 0 Å². The topological polar surface area (TPSA) is 42.0 Å². The van der Waals surface area contributed by atoms with Gasteiger partial charge in [-0.05, 0) is 31.4 Å². The Morgan fingerprint density at radius 1 is 1.56 bits per heavy atom. The van der Waals surface area contributed by atoms with Crippen LogP contribution < -0.4 is 5.32 Å². The van der Waals surface area contributed by atoms with Crippen molar-refractivity contribution < 1.29 is 9.18 Å². The molecule has 0 aromatic carbocycles. The second-order valence-electron chi connectivity index (χ2n) is 4.08. The Bertz CT molecular complexity index is 384. The molecule has 86 valence electrons. The SMILES string of the molecule is O=C(NC1(CBr)CCC1)c1ccc(F)cn1. The van der Waals surface area contributed by atoms with E-state index in [1.165, 1.54) is 12.1 Å². The van der Waals surface area contributed by atoms with Gasteiger partial charge in [0.15, 0.2) is 0 Å². The maximum Gasteiger partial charge on any atom is 0.270 e. The summed E-state index contributed by atoms with van der Waals surface area (Å²) in [7, 11) is 0. The minimum Gasteiger partial charge on any atom is -0.344 e. The molecule has 5 heteroatoms. The number of halogens is 2. The monoisotopic (exact) mass is 286 g/mol. The zero-order valence-corrected chi connectivity index (χ0v) is 10.3. The van der Waals surface area contributed by atoms with Gasteiger partial charge in [-0.2, -0.15) is 0 Å². The van der Waals surface area contributed by atoms with Crippen molar-refractivity contribution in [3.05, 3.63) is 29.8 Å². The van der Waals surface area contributed by atoms with Crippen LogP contribution in [-0.2, 0) is 0 Å². The molecule has 0 spiro atoms. The molecule has 1 aromatic rings. The molecule has 1 saturated carbocycles. The van der Waals surface area contributed by atoms with Crippen molar-refractivity contribution >= 4 is 21.8 Å². The molecule has 1 amide bonds. The van der Waals surface area contributed by atoms with Crippen molar-refractivity contribution in [2.75, 3.05) is 5.33 Å². The number of nitrogens with zero attached hydrogens (tertiary/aromatic N) is 1. The predicted octanol–water partition coefficient (Wildman–Crippen LogP) is 2.27. The second-order valence-corrected chi connectivity index (χ2v) is 4.64. The van der Waals surface area contributed by atoms with E-state index in [4.69, 9.17) is 0 Å². The Balaban J connectivity index is 2.05. The molecule has 1 aliphatic rings. The summed E-state index contributed by atoms with van der Waals surface area (Å²) < 4.78 is 12.6.